The number of piperidine rings is 1. The first-order valence-electron chi connectivity index (χ1n) is 16.2. The highest BCUT2D eigenvalue weighted by atomic mass is 16.6. The van der Waals surface area contributed by atoms with Crippen molar-refractivity contribution in [3.8, 4) is 0 Å². The topological polar surface area (TPSA) is 139 Å². The molecule has 2 aliphatic rings. The van der Waals surface area contributed by atoms with Crippen LogP contribution < -0.4 is 20.8 Å². The summed E-state index contributed by atoms with van der Waals surface area (Å²) in [6.45, 7) is 7.78. The van der Waals surface area contributed by atoms with Crippen molar-refractivity contribution in [2.45, 2.75) is 102 Å². The summed E-state index contributed by atoms with van der Waals surface area (Å²) in [5.74, 6) is -1.79. The van der Waals surface area contributed by atoms with E-state index in [0.717, 1.165) is 29.3 Å². The van der Waals surface area contributed by atoms with Crippen LogP contribution in [0.1, 0.15) is 77.2 Å². The van der Waals surface area contributed by atoms with E-state index in [9.17, 15) is 24.0 Å². The molecule has 0 aliphatic carbocycles. The molecule has 0 spiro atoms. The third-order valence-electron chi connectivity index (χ3n) is 9.16. The van der Waals surface area contributed by atoms with Gasteiger partial charge in [0.05, 0.1) is 5.52 Å². The highest BCUT2D eigenvalue weighted by Crippen LogP contribution is 2.24. The van der Waals surface area contributed by atoms with Crippen LogP contribution in [0.25, 0.3) is 10.9 Å². The number of allylic oxidation sites excluding steroid dienone is 1. The van der Waals surface area contributed by atoms with Gasteiger partial charge < -0.3 is 25.7 Å². The lowest BCUT2D eigenvalue weighted by atomic mass is 9.93. The number of para-hydroxylation sites is 1. The molecular formula is C34H47N5O6. The highest BCUT2D eigenvalue weighted by Gasteiger charge is 2.40. The van der Waals surface area contributed by atoms with Gasteiger partial charge in [-0.05, 0) is 55.7 Å². The lowest BCUT2D eigenvalue weighted by molar-refractivity contribution is -0.147. The van der Waals surface area contributed by atoms with Crippen molar-refractivity contribution >= 4 is 40.3 Å². The average molecular weight is 622 g/mol. The second kappa shape index (κ2) is 15.7. The number of nitrogens with one attached hydrogen (secondary N) is 3. The standard InChI is InChI=1S/C34H47N5O6/c1-5-22(3)30-34(44)38-19-13-12-18-29(38)33(43)35-26(16-9-7-8-14-24(40)6-2)31(41)36-27(32(42)37-30)20-23-21-39(45-4)28-17-11-10-15-25(23)28/h6,10-11,15,17,21-22,26-27,29-30H,2,5,7-9,12-14,16,18-20H2,1,3-4H3,(H,35,43)(H,36,41)(H,37,42)/t22?,26-,27-,29+,30-/m0/s1. The Hall–Kier alpha value is -4.15. The van der Waals surface area contributed by atoms with Gasteiger partial charge >= 0.3 is 0 Å². The van der Waals surface area contributed by atoms with Gasteiger partial charge in [0, 0.05) is 31.0 Å². The van der Waals surface area contributed by atoms with E-state index in [2.05, 4.69) is 22.5 Å². The molecule has 11 heteroatoms. The summed E-state index contributed by atoms with van der Waals surface area (Å²) in [5, 5.41) is 9.70. The number of rotatable bonds is 12. The van der Waals surface area contributed by atoms with Crippen LogP contribution in [0.4, 0.5) is 0 Å². The van der Waals surface area contributed by atoms with Crippen LogP contribution >= 0.6 is 0 Å². The number of ketones is 1. The number of aromatic nitrogens is 1. The van der Waals surface area contributed by atoms with Gasteiger partial charge in [0.2, 0.25) is 23.6 Å². The summed E-state index contributed by atoms with van der Waals surface area (Å²) in [6, 6.07) is 4.13. The van der Waals surface area contributed by atoms with E-state index in [-0.39, 0.29) is 29.9 Å². The largest absolute Gasteiger partial charge is 0.417 e. The summed E-state index contributed by atoms with van der Waals surface area (Å²) >= 11 is 0. The van der Waals surface area contributed by atoms with E-state index in [0.29, 0.717) is 51.5 Å². The molecule has 2 fully saturated rings. The third kappa shape index (κ3) is 8.12. The summed E-state index contributed by atoms with van der Waals surface area (Å²) in [6.07, 6.45) is 8.53. The Morgan fingerprint density at radius 2 is 1.76 bits per heavy atom. The molecule has 4 rings (SSSR count). The first kappa shape index (κ1) is 33.7. The summed E-state index contributed by atoms with van der Waals surface area (Å²) in [5.41, 5.74) is 1.61. The van der Waals surface area contributed by atoms with Crippen molar-refractivity contribution in [2.75, 3.05) is 13.7 Å². The lowest BCUT2D eigenvalue weighted by Gasteiger charge is -2.39. The van der Waals surface area contributed by atoms with Crippen molar-refractivity contribution in [1.82, 2.24) is 25.6 Å². The van der Waals surface area contributed by atoms with Crippen LogP contribution in [0.2, 0.25) is 0 Å². The Kier molecular flexibility index (Phi) is 11.8. The van der Waals surface area contributed by atoms with Gasteiger partial charge in [-0.25, -0.2) is 0 Å². The maximum absolute atomic E-state index is 14.0. The van der Waals surface area contributed by atoms with Gasteiger partial charge in [0.15, 0.2) is 5.78 Å². The number of hydrogen-bond donors (Lipinski definition) is 3. The third-order valence-corrected chi connectivity index (χ3v) is 9.16. The fraction of sp³-hybridized carbons (Fsp3) is 0.559. The summed E-state index contributed by atoms with van der Waals surface area (Å²) < 4.78 is 1.61. The minimum Gasteiger partial charge on any atom is -0.417 e. The number of hydrogen-bond acceptors (Lipinski definition) is 6. The number of carbonyl (C=O) groups is 5. The molecule has 0 radical (unpaired) electrons. The number of amides is 4. The molecule has 2 aromatic rings. The predicted octanol–water partition coefficient (Wildman–Crippen LogP) is 2.84. The molecule has 4 amide bonds. The van der Waals surface area contributed by atoms with Crippen molar-refractivity contribution in [3.63, 3.8) is 0 Å². The molecule has 3 heterocycles. The summed E-state index contributed by atoms with van der Waals surface area (Å²) in [4.78, 5) is 74.4. The van der Waals surface area contributed by atoms with Crippen LogP contribution in [-0.4, -0.2) is 76.9 Å². The minimum atomic E-state index is -1.02. The quantitative estimate of drug-likeness (QED) is 0.246. The van der Waals surface area contributed by atoms with E-state index in [1.165, 1.54) is 6.08 Å². The Morgan fingerprint density at radius 1 is 1.02 bits per heavy atom. The van der Waals surface area contributed by atoms with Crippen LogP contribution in [-0.2, 0) is 30.4 Å². The van der Waals surface area contributed by atoms with Gasteiger partial charge in [0.25, 0.3) is 0 Å². The maximum Gasteiger partial charge on any atom is 0.246 e. The van der Waals surface area contributed by atoms with E-state index < -0.39 is 36.0 Å². The fourth-order valence-electron chi connectivity index (χ4n) is 6.28. The minimum absolute atomic E-state index is 0.0338. The van der Waals surface area contributed by atoms with Crippen LogP contribution in [0, 0.1) is 5.92 Å². The van der Waals surface area contributed by atoms with E-state index in [1.54, 1.807) is 22.9 Å². The molecule has 45 heavy (non-hydrogen) atoms. The second-order valence-electron chi connectivity index (χ2n) is 12.2. The second-order valence-corrected chi connectivity index (χ2v) is 12.2. The SMILES string of the molecule is C=CC(=O)CCCCC[C@@H]1NC(=O)[C@H]2CCCCN2C(=O)[C@H](C(C)CC)NC(=O)[C@H](Cc2cn(OC)c3ccccc23)NC1=O. The van der Waals surface area contributed by atoms with Crippen molar-refractivity contribution in [2.24, 2.45) is 5.92 Å². The Labute approximate surface area is 265 Å². The highest BCUT2D eigenvalue weighted by molar-refractivity contribution is 5.98. The number of nitrogens with zero attached hydrogens (tertiary/aromatic N) is 2. The molecule has 5 atom stereocenters. The number of benzene rings is 1. The first-order valence-corrected chi connectivity index (χ1v) is 16.2. The zero-order chi connectivity index (χ0) is 32.5. The molecule has 0 saturated carbocycles. The Bertz CT molecular complexity index is 1400. The first-order chi connectivity index (χ1) is 21.7. The van der Waals surface area contributed by atoms with Crippen LogP contribution in [0.5, 0.6) is 0 Å². The molecule has 2 aliphatic heterocycles. The van der Waals surface area contributed by atoms with Gasteiger partial charge in [0.1, 0.15) is 31.3 Å². The predicted molar refractivity (Wildman–Crippen MR) is 171 cm³/mol. The molecule has 244 valence electrons. The lowest BCUT2D eigenvalue weighted by Crippen LogP contribution is -2.64. The van der Waals surface area contributed by atoms with Crippen molar-refractivity contribution < 1.29 is 28.8 Å². The normalized spacial score (nSPS) is 23.6. The molecule has 0 bridgehead atoms. The van der Waals surface area contributed by atoms with Crippen molar-refractivity contribution in [1.29, 1.82) is 0 Å². The van der Waals surface area contributed by atoms with Crippen LogP contribution in [0.3, 0.4) is 0 Å². The zero-order valence-corrected chi connectivity index (χ0v) is 26.7. The zero-order valence-electron chi connectivity index (χ0n) is 26.7. The molecule has 11 nitrogen and oxygen atoms in total. The van der Waals surface area contributed by atoms with Gasteiger partial charge in [-0.3, -0.25) is 24.0 Å². The molecular weight excluding hydrogens is 574 g/mol. The fourth-order valence-corrected chi connectivity index (χ4v) is 6.28. The van der Waals surface area contributed by atoms with E-state index >= 15 is 0 Å². The average Bonchev–Trinajstić information content (AvgIpc) is 3.41. The molecule has 1 aromatic heterocycles. The molecule has 1 unspecified atom stereocenters. The monoisotopic (exact) mass is 621 g/mol. The molecule has 3 N–H and O–H groups in total. The molecule has 2 saturated heterocycles. The van der Waals surface area contributed by atoms with E-state index in [1.807, 2.05) is 38.1 Å². The van der Waals surface area contributed by atoms with Gasteiger partial charge in [-0.15, -0.1) is 0 Å². The number of fused-ring (bicyclic) bond motifs is 2. The summed E-state index contributed by atoms with van der Waals surface area (Å²) in [7, 11) is 1.55. The van der Waals surface area contributed by atoms with Crippen molar-refractivity contribution in [3.05, 3.63) is 48.7 Å². The Morgan fingerprint density at radius 3 is 2.49 bits per heavy atom. The van der Waals surface area contributed by atoms with Gasteiger partial charge in [-0.1, -0.05) is 57.9 Å². The van der Waals surface area contributed by atoms with Gasteiger partial charge in [-0.2, -0.15) is 4.73 Å². The van der Waals surface area contributed by atoms with E-state index in [4.69, 9.17) is 4.84 Å². The van der Waals surface area contributed by atoms with Crippen LogP contribution in [0.15, 0.2) is 43.1 Å². The number of unbranched alkanes of at least 4 members (excludes halogenated alkanes) is 2. The molecule has 1 aromatic carbocycles. The Balaban J connectivity index is 1.67. The number of carbonyl (C=O) groups excluding carboxylic acids is 5. The maximum atomic E-state index is 14.0. The smallest absolute Gasteiger partial charge is 0.246 e.